The molecule has 4 heteroatoms. The van der Waals surface area contributed by atoms with Gasteiger partial charge in [-0.1, -0.05) is 13.8 Å². The number of ether oxygens (including phenoxy) is 1. The van der Waals surface area contributed by atoms with Crippen molar-refractivity contribution in [2.45, 2.75) is 32.8 Å². The number of pyridine rings is 1. The fourth-order valence-electron chi connectivity index (χ4n) is 1.87. The molecule has 0 amide bonds. The van der Waals surface area contributed by atoms with E-state index in [0.29, 0.717) is 25.2 Å². The molecule has 0 atom stereocenters. The van der Waals surface area contributed by atoms with Crippen molar-refractivity contribution < 1.29 is 14.6 Å². The number of rotatable bonds is 2. The molecule has 0 spiro atoms. The summed E-state index contributed by atoms with van der Waals surface area (Å²) in [5.41, 5.74) is 2.83. The molecule has 1 aromatic rings. The van der Waals surface area contributed by atoms with E-state index in [0.717, 1.165) is 17.0 Å². The van der Waals surface area contributed by atoms with Gasteiger partial charge in [-0.05, 0) is 24.0 Å². The number of hydrogen-bond acceptors (Lipinski definition) is 3. The van der Waals surface area contributed by atoms with Crippen LogP contribution in [0, 0.1) is 0 Å². The van der Waals surface area contributed by atoms with Crippen molar-refractivity contribution in [1.29, 1.82) is 0 Å². The van der Waals surface area contributed by atoms with Gasteiger partial charge in [0.05, 0.1) is 24.5 Å². The summed E-state index contributed by atoms with van der Waals surface area (Å²) in [4.78, 5) is 15.6. The first-order chi connectivity index (χ1) is 7.59. The third-order valence-corrected chi connectivity index (χ3v) is 2.79. The molecule has 1 N–H and O–H groups in total. The Hall–Kier alpha value is -1.42. The van der Waals surface area contributed by atoms with Gasteiger partial charge in [-0.15, -0.1) is 0 Å². The Morgan fingerprint density at radius 1 is 1.56 bits per heavy atom. The van der Waals surface area contributed by atoms with Gasteiger partial charge in [0.25, 0.3) is 0 Å². The van der Waals surface area contributed by atoms with Crippen LogP contribution < -0.4 is 0 Å². The van der Waals surface area contributed by atoms with Crippen molar-refractivity contribution in [3.05, 3.63) is 28.6 Å². The minimum atomic E-state index is -0.873. The van der Waals surface area contributed by atoms with E-state index < -0.39 is 5.97 Å². The van der Waals surface area contributed by atoms with Crippen LogP contribution in [0.15, 0.2) is 6.07 Å². The number of aromatic nitrogens is 1. The summed E-state index contributed by atoms with van der Waals surface area (Å²) < 4.78 is 5.31. The Balaban J connectivity index is 2.56. The Labute approximate surface area is 94.3 Å². The van der Waals surface area contributed by atoms with Crippen LogP contribution >= 0.6 is 0 Å². The minimum absolute atomic E-state index is 0.227. The number of fused-ring (bicyclic) bond motifs is 1. The molecule has 86 valence electrons. The standard InChI is InChI=1S/C12H15NO3/c1-7(2)10-5-9(12(14)15)8-3-4-16-6-11(8)13-10/h5,7H,3-4,6H2,1-2H3,(H,14,15). The van der Waals surface area contributed by atoms with Crippen molar-refractivity contribution in [3.63, 3.8) is 0 Å². The highest BCUT2D eigenvalue weighted by Gasteiger charge is 2.21. The van der Waals surface area contributed by atoms with Gasteiger partial charge in [0.15, 0.2) is 0 Å². The van der Waals surface area contributed by atoms with Gasteiger partial charge in [-0.3, -0.25) is 4.98 Å². The van der Waals surface area contributed by atoms with Crippen molar-refractivity contribution in [2.75, 3.05) is 6.61 Å². The van der Waals surface area contributed by atoms with Crippen molar-refractivity contribution in [3.8, 4) is 0 Å². The lowest BCUT2D eigenvalue weighted by molar-refractivity contribution is 0.0688. The molecule has 1 aromatic heterocycles. The SMILES string of the molecule is CC(C)c1cc(C(=O)O)c2c(n1)COCC2. The first kappa shape index (κ1) is 11.1. The summed E-state index contributed by atoms with van der Waals surface area (Å²) in [6, 6.07) is 1.69. The Morgan fingerprint density at radius 2 is 2.31 bits per heavy atom. The normalized spacial score (nSPS) is 14.9. The van der Waals surface area contributed by atoms with Gasteiger partial charge in [-0.2, -0.15) is 0 Å². The van der Waals surface area contributed by atoms with Crippen LogP contribution in [0.25, 0.3) is 0 Å². The van der Waals surface area contributed by atoms with Crippen LogP contribution in [-0.2, 0) is 17.8 Å². The monoisotopic (exact) mass is 221 g/mol. The summed E-state index contributed by atoms with van der Waals surface area (Å²) in [6.07, 6.45) is 0.641. The Kier molecular flexibility index (Phi) is 2.92. The van der Waals surface area contributed by atoms with Gasteiger partial charge in [0, 0.05) is 5.69 Å². The summed E-state index contributed by atoms with van der Waals surface area (Å²) in [6.45, 7) is 5.01. The number of carbonyl (C=O) groups is 1. The van der Waals surface area contributed by atoms with Crippen LogP contribution in [0.3, 0.4) is 0 Å². The molecule has 4 nitrogen and oxygen atoms in total. The molecule has 0 fully saturated rings. The molecule has 1 aliphatic heterocycles. The second kappa shape index (κ2) is 4.22. The van der Waals surface area contributed by atoms with Crippen molar-refractivity contribution in [2.24, 2.45) is 0 Å². The molecule has 0 radical (unpaired) electrons. The zero-order valence-corrected chi connectivity index (χ0v) is 9.49. The maximum atomic E-state index is 11.2. The first-order valence-corrected chi connectivity index (χ1v) is 5.43. The predicted octanol–water partition coefficient (Wildman–Crippen LogP) is 1.98. The van der Waals surface area contributed by atoms with Crippen molar-refractivity contribution >= 4 is 5.97 Å². The van der Waals surface area contributed by atoms with E-state index in [4.69, 9.17) is 4.74 Å². The predicted molar refractivity (Wildman–Crippen MR) is 58.6 cm³/mol. The highest BCUT2D eigenvalue weighted by atomic mass is 16.5. The quantitative estimate of drug-likeness (QED) is 0.829. The topological polar surface area (TPSA) is 59.4 Å². The van der Waals surface area contributed by atoms with Crippen LogP contribution in [0.4, 0.5) is 0 Å². The lowest BCUT2D eigenvalue weighted by atomic mass is 9.98. The Bertz CT molecular complexity index is 427. The van der Waals surface area contributed by atoms with E-state index in [1.54, 1.807) is 6.07 Å². The van der Waals surface area contributed by atoms with E-state index in [2.05, 4.69) is 4.98 Å². The van der Waals surface area contributed by atoms with E-state index in [9.17, 15) is 9.90 Å². The fourth-order valence-corrected chi connectivity index (χ4v) is 1.87. The molecular weight excluding hydrogens is 206 g/mol. The number of aromatic carboxylic acids is 1. The van der Waals surface area contributed by atoms with Crippen molar-refractivity contribution in [1.82, 2.24) is 4.98 Å². The summed E-state index contributed by atoms with van der Waals surface area (Å²) >= 11 is 0. The molecule has 0 saturated heterocycles. The second-order valence-corrected chi connectivity index (χ2v) is 4.28. The molecular formula is C12H15NO3. The van der Waals surface area contributed by atoms with Crippen LogP contribution in [0.5, 0.6) is 0 Å². The van der Waals surface area contributed by atoms with E-state index >= 15 is 0 Å². The minimum Gasteiger partial charge on any atom is -0.478 e. The van der Waals surface area contributed by atoms with Gasteiger partial charge >= 0.3 is 5.97 Å². The molecule has 16 heavy (non-hydrogen) atoms. The number of hydrogen-bond donors (Lipinski definition) is 1. The highest BCUT2D eigenvalue weighted by molar-refractivity contribution is 5.89. The number of carboxylic acid groups (broad SMARTS) is 1. The smallest absolute Gasteiger partial charge is 0.336 e. The number of nitrogens with zero attached hydrogens (tertiary/aromatic N) is 1. The third-order valence-electron chi connectivity index (χ3n) is 2.79. The summed E-state index contributed by atoms with van der Waals surface area (Å²) in [5, 5.41) is 9.18. The zero-order chi connectivity index (χ0) is 11.7. The number of carboxylic acids is 1. The zero-order valence-electron chi connectivity index (χ0n) is 9.49. The molecule has 1 aliphatic rings. The average molecular weight is 221 g/mol. The van der Waals surface area contributed by atoms with Crippen LogP contribution in [0.1, 0.15) is 47.1 Å². The van der Waals surface area contributed by atoms with Gasteiger partial charge in [0.2, 0.25) is 0 Å². The lowest BCUT2D eigenvalue weighted by Crippen LogP contribution is -2.18. The molecule has 0 saturated carbocycles. The molecule has 0 aliphatic carbocycles. The molecule has 0 bridgehead atoms. The van der Waals surface area contributed by atoms with Crippen LogP contribution in [-0.4, -0.2) is 22.7 Å². The molecule has 2 rings (SSSR count). The third kappa shape index (κ3) is 1.93. The van der Waals surface area contributed by atoms with Gasteiger partial charge in [-0.25, -0.2) is 4.79 Å². The highest BCUT2D eigenvalue weighted by Crippen LogP contribution is 2.23. The van der Waals surface area contributed by atoms with E-state index in [1.807, 2.05) is 13.8 Å². The Morgan fingerprint density at radius 3 is 2.94 bits per heavy atom. The summed E-state index contributed by atoms with van der Waals surface area (Å²) in [5.74, 6) is -0.646. The maximum Gasteiger partial charge on any atom is 0.336 e. The summed E-state index contributed by atoms with van der Waals surface area (Å²) in [7, 11) is 0. The van der Waals surface area contributed by atoms with Gasteiger partial charge in [0.1, 0.15) is 0 Å². The lowest BCUT2D eigenvalue weighted by Gasteiger charge is -2.19. The van der Waals surface area contributed by atoms with Crippen LogP contribution in [0.2, 0.25) is 0 Å². The largest absolute Gasteiger partial charge is 0.478 e. The average Bonchev–Trinajstić information content (AvgIpc) is 2.27. The molecule has 2 heterocycles. The van der Waals surface area contributed by atoms with E-state index in [1.165, 1.54) is 0 Å². The maximum absolute atomic E-state index is 11.2. The van der Waals surface area contributed by atoms with Gasteiger partial charge < -0.3 is 9.84 Å². The molecule has 0 aromatic carbocycles. The first-order valence-electron chi connectivity index (χ1n) is 5.43. The second-order valence-electron chi connectivity index (χ2n) is 4.28. The molecule has 0 unspecified atom stereocenters. The van der Waals surface area contributed by atoms with E-state index in [-0.39, 0.29) is 5.92 Å². The fraction of sp³-hybridized carbons (Fsp3) is 0.500.